The monoisotopic (exact) mass is 248 g/mol. The second kappa shape index (κ2) is 5.61. The van der Waals surface area contributed by atoms with Crippen molar-refractivity contribution in [2.75, 3.05) is 25.1 Å². The highest BCUT2D eigenvalue weighted by molar-refractivity contribution is 5.52. The third-order valence-corrected chi connectivity index (χ3v) is 3.79. The Kier molecular flexibility index (Phi) is 4.12. The van der Waals surface area contributed by atoms with Crippen molar-refractivity contribution in [2.24, 2.45) is 5.92 Å². The predicted molar refractivity (Wildman–Crippen MR) is 76.4 cm³/mol. The van der Waals surface area contributed by atoms with Crippen molar-refractivity contribution >= 4 is 5.69 Å². The van der Waals surface area contributed by atoms with Crippen LogP contribution >= 0.6 is 0 Å². The number of anilines is 1. The molecule has 18 heavy (non-hydrogen) atoms. The normalized spacial score (nSPS) is 24.4. The molecule has 1 aromatic rings. The van der Waals surface area contributed by atoms with Crippen LogP contribution in [0, 0.1) is 5.92 Å². The number of piperazine rings is 1. The lowest BCUT2D eigenvalue weighted by Gasteiger charge is -2.42. The Hall–Kier alpha value is -1.22. The van der Waals surface area contributed by atoms with Gasteiger partial charge in [-0.3, -0.25) is 0 Å². The first-order valence-electron chi connectivity index (χ1n) is 6.76. The fourth-order valence-electron chi connectivity index (χ4n) is 2.48. The van der Waals surface area contributed by atoms with E-state index in [2.05, 4.69) is 49.2 Å². The van der Waals surface area contributed by atoms with E-state index in [9.17, 15) is 0 Å². The molecule has 1 aromatic carbocycles. The van der Waals surface area contributed by atoms with Gasteiger partial charge in [-0.15, -0.1) is 0 Å². The van der Waals surface area contributed by atoms with Crippen LogP contribution < -0.4 is 15.0 Å². The summed E-state index contributed by atoms with van der Waals surface area (Å²) in [6.07, 6.45) is 0. The molecule has 0 amide bonds. The van der Waals surface area contributed by atoms with Gasteiger partial charge >= 0.3 is 0 Å². The van der Waals surface area contributed by atoms with Crippen LogP contribution in [0.25, 0.3) is 0 Å². The quantitative estimate of drug-likeness (QED) is 0.889. The van der Waals surface area contributed by atoms with Gasteiger partial charge in [0.25, 0.3) is 0 Å². The Morgan fingerprint density at radius 3 is 2.83 bits per heavy atom. The van der Waals surface area contributed by atoms with E-state index in [4.69, 9.17) is 4.74 Å². The molecule has 100 valence electrons. The van der Waals surface area contributed by atoms with Gasteiger partial charge in [-0.25, -0.2) is 0 Å². The summed E-state index contributed by atoms with van der Waals surface area (Å²) < 4.78 is 5.31. The summed E-state index contributed by atoms with van der Waals surface area (Å²) in [5, 5.41) is 3.62. The Morgan fingerprint density at radius 2 is 2.17 bits per heavy atom. The minimum Gasteiger partial charge on any atom is -0.497 e. The Labute approximate surface area is 110 Å². The predicted octanol–water partition coefficient (Wildman–Crippen LogP) is 2.52. The summed E-state index contributed by atoms with van der Waals surface area (Å²) in [6.45, 7) is 8.92. The fourth-order valence-corrected chi connectivity index (χ4v) is 2.48. The Morgan fingerprint density at radius 1 is 1.39 bits per heavy atom. The second-order valence-electron chi connectivity index (χ2n) is 5.46. The molecule has 1 fully saturated rings. The topological polar surface area (TPSA) is 24.5 Å². The molecule has 0 radical (unpaired) electrons. The van der Waals surface area contributed by atoms with Gasteiger partial charge in [-0.1, -0.05) is 19.9 Å². The molecule has 0 aromatic heterocycles. The lowest BCUT2D eigenvalue weighted by Crippen LogP contribution is -2.57. The van der Waals surface area contributed by atoms with Gasteiger partial charge < -0.3 is 15.0 Å². The van der Waals surface area contributed by atoms with Crippen LogP contribution in [0.15, 0.2) is 24.3 Å². The van der Waals surface area contributed by atoms with Gasteiger partial charge in [0, 0.05) is 36.9 Å². The Bertz CT molecular complexity index is 392. The van der Waals surface area contributed by atoms with E-state index < -0.39 is 0 Å². The van der Waals surface area contributed by atoms with Gasteiger partial charge in [0.05, 0.1) is 7.11 Å². The molecule has 1 aliphatic heterocycles. The van der Waals surface area contributed by atoms with Crippen LogP contribution in [0.1, 0.15) is 20.8 Å². The Balaban J connectivity index is 2.18. The SMILES string of the molecule is COc1cccc(N2CC(C(C)C)NCC2C)c1. The molecule has 0 aliphatic carbocycles. The first-order valence-corrected chi connectivity index (χ1v) is 6.76. The molecule has 0 saturated carbocycles. The summed E-state index contributed by atoms with van der Waals surface area (Å²) in [7, 11) is 1.72. The third-order valence-electron chi connectivity index (χ3n) is 3.79. The average molecular weight is 248 g/mol. The highest BCUT2D eigenvalue weighted by atomic mass is 16.5. The first-order chi connectivity index (χ1) is 8.61. The number of nitrogens with one attached hydrogen (secondary N) is 1. The van der Waals surface area contributed by atoms with Crippen LogP contribution in [0.2, 0.25) is 0 Å². The minimum atomic E-state index is 0.520. The summed E-state index contributed by atoms with van der Waals surface area (Å²) in [4.78, 5) is 2.48. The molecule has 1 N–H and O–H groups in total. The van der Waals surface area contributed by atoms with E-state index >= 15 is 0 Å². The molecule has 1 saturated heterocycles. The zero-order valence-corrected chi connectivity index (χ0v) is 11.8. The van der Waals surface area contributed by atoms with Gasteiger partial charge in [-0.05, 0) is 25.0 Å². The molecule has 0 spiro atoms. The highest BCUT2D eigenvalue weighted by Crippen LogP contribution is 2.25. The van der Waals surface area contributed by atoms with Gasteiger partial charge in [0.2, 0.25) is 0 Å². The summed E-state index contributed by atoms with van der Waals surface area (Å²) in [5.74, 6) is 1.59. The molecule has 2 rings (SSSR count). The zero-order valence-electron chi connectivity index (χ0n) is 11.8. The maximum atomic E-state index is 5.31. The van der Waals surface area contributed by atoms with Crippen molar-refractivity contribution in [2.45, 2.75) is 32.9 Å². The number of benzene rings is 1. The van der Waals surface area contributed by atoms with Gasteiger partial charge in [-0.2, -0.15) is 0 Å². The largest absolute Gasteiger partial charge is 0.497 e. The molecular formula is C15H24N2O. The van der Waals surface area contributed by atoms with Crippen LogP contribution in [-0.2, 0) is 0 Å². The smallest absolute Gasteiger partial charge is 0.120 e. The van der Waals surface area contributed by atoms with E-state index in [1.54, 1.807) is 7.11 Å². The lowest BCUT2D eigenvalue weighted by molar-refractivity contribution is 0.336. The molecule has 3 nitrogen and oxygen atoms in total. The number of rotatable bonds is 3. The van der Waals surface area contributed by atoms with Crippen molar-refractivity contribution < 1.29 is 4.74 Å². The van der Waals surface area contributed by atoms with Gasteiger partial charge in [0.1, 0.15) is 5.75 Å². The van der Waals surface area contributed by atoms with Crippen LogP contribution in [0.4, 0.5) is 5.69 Å². The summed E-state index contributed by atoms with van der Waals surface area (Å²) >= 11 is 0. The number of hydrogen-bond acceptors (Lipinski definition) is 3. The number of ether oxygens (including phenoxy) is 1. The van der Waals surface area contributed by atoms with Crippen molar-refractivity contribution in [1.82, 2.24) is 5.32 Å². The van der Waals surface area contributed by atoms with Crippen molar-refractivity contribution in [3.63, 3.8) is 0 Å². The molecular weight excluding hydrogens is 224 g/mol. The third kappa shape index (κ3) is 2.78. The van der Waals surface area contributed by atoms with Crippen LogP contribution in [-0.4, -0.2) is 32.3 Å². The molecule has 0 bridgehead atoms. The summed E-state index contributed by atoms with van der Waals surface area (Å²) in [6, 6.07) is 9.43. The van der Waals surface area contributed by atoms with Crippen LogP contribution in [0.3, 0.4) is 0 Å². The summed E-state index contributed by atoms with van der Waals surface area (Å²) in [5.41, 5.74) is 1.26. The lowest BCUT2D eigenvalue weighted by atomic mass is 9.99. The van der Waals surface area contributed by atoms with Crippen molar-refractivity contribution in [3.05, 3.63) is 24.3 Å². The maximum Gasteiger partial charge on any atom is 0.120 e. The van der Waals surface area contributed by atoms with E-state index in [1.165, 1.54) is 5.69 Å². The van der Waals surface area contributed by atoms with E-state index in [1.807, 2.05) is 6.07 Å². The van der Waals surface area contributed by atoms with Crippen molar-refractivity contribution in [1.29, 1.82) is 0 Å². The van der Waals surface area contributed by atoms with E-state index in [-0.39, 0.29) is 0 Å². The minimum absolute atomic E-state index is 0.520. The van der Waals surface area contributed by atoms with E-state index in [0.29, 0.717) is 18.0 Å². The molecule has 1 heterocycles. The van der Waals surface area contributed by atoms with E-state index in [0.717, 1.165) is 18.8 Å². The first kappa shape index (κ1) is 13.2. The molecule has 2 atom stereocenters. The number of nitrogens with zero attached hydrogens (tertiary/aromatic N) is 1. The van der Waals surface area contributed by atoms with Crippen LogP contribution in [0.5, 0.6) is 5.75 Å². The molecule has 1 aliphatic rings. The number of methoxy groups -OCH3 is 1. The second-order valence-corrected chi connectivity index (χ2v) is 5.46. The fraction of sp³-hybridized carbons (Fsp3) is 0.600. The zero-order chi connectivity index (χ0) is 13.1. The van der Waals surface area contributed by atoms with Crippen molar-refractivity contribution in [3.8, 4) is 5.75 Å². The molecule has 3 heteroatoms. The van der Waals surface area contributed by atoms with Gasteiger partial charge in [0.15, 0.2) is 0 Å². The number of hydrogen-bond donors (Lipinski definition) is 1. The maximum absolute atomic E-state index is 5.31. The molecule has 2 unspecified atom stereocenters. The highest BCUT2D eigenvalue weighted by Gasteiger charge is 2.26. The standard InChI is InChI=1S/C15H24N2O/c1-11(2)15-10-17(12(3)9-16-15)13-6-5-7-14(8-13)18-4/h5-8,11-12,15-16H,9-10H2,1-4H3. The average Bonchev–Trinajstić information content (AvgIpc) is 2.39.